The largest absolute Gasteiger partial charge is 0.345 e. The van der Waals surface area contributed by atoms with E-state index in [9.17, 15) is 4.79 Å². The number of nitrogens with one attached hydrogen (secondary N) is 2. The lowest BCUT2D eigenvalue weighted by Gasteiger charge is -2.04. The Morgan fingerprint density at radius 3 is 2.67 bits per heavy atom. The smallest absolute Gasteiger partial charge is 0.251 e. The normalized spacial score (nSPS) is 10.7. The number of carbonyl (C=O) groups is 1. The van der Waals surface area contributed by atoms with Crippen molar-refractivity contribution in [2.45, 2.75) is 11.4 Å². The fourth-order valence-corrected chi connectivity index (χ4v) is 2.51. The van der Waals surface area contributed by atoms with Gasteiger partial charge in [-0.1, -0.05) is 12.1 Å². The number of imidazole rings is 1. The van der Waals surface area contributed by atoms with Gasteiger partial charge in [0.05, 0.1) is 17.6 Å². The predicted octanol–water partition coefficient (Wildman–Crippen LogP) is 3.21. The molecule has 0 saturated heterocycles. The summed E-state index contributed by atoms with van der Waals surface area (Å²) in [5, 5.41) is 2.87. The summed E-state index contributed by atoms with van der Waals surface area (Å²) in [6.07, 6.45) is 2.01. The van der Waals surface area contributed by atoms with Crippen LogP contribution in [-0.2, 0) is 6.54 Å². The molecule has 3 rings (SSSR count). The van der Waals surface area contributed by atoms with Gasteiger partial charge in [-0.25, -0.2) is 4.98 Å². The van der Waals surface area contributed by atoms with Gasteiger partial charge in [-0.2, -0.15) is 0 Å². The second-order valence-corrected chi connectivity index (χ2v) is 5.49. The van der Waals surface area contributed by atoms with Crippen LogP contribution in [-0.4, -0.2) is 22.1 Å². The van der Waals surface area contributed by atoms with Crippen LogP contribution < -0.4 is 5.32 Å². The molecule has 21 heavy (non-hydrogen) atoms. The number of para-hydroxylation sites is 2. The number of aromatic amines is 1. The Balaban J connectivity index is 1.67. The van der Waals surface area contributed by atoms with Crippen LogP contribution in [0.3, 0.4) is 0 Å². The minimum absolute atomic E-state index is 0.0943. The van der Waals surface area contributed by atoms with Crippen LogP contribution in [0, 0.1) is 0 Å². The van der Waals surface area contributed by atoms with Crippen molar-refractivity contribution < 1.29 is 4.79 Å². The van der Waals surface area contributed by atoms with Gasteiger partial charge in [0.2, 0.25) is 0 Å². The number of hydrogen-bond acceptors (Lipinski definition) is 3. The van der Waals surface area contributed by atoms with Gasteiger partial charge in [-0.15, -0.1) is 11.8 Å². The summed E-state index contributed by atoms with van der Waals surface area (Å²) < 4.78 is 0. The lowest BCUT2D eigenvalue weighted by atomic mass is 10.2. The zero-order chi connectivity index (χ0) is 14.7. The summed E-state index contributed by atoms with van der Waals surface area (Å²) in [5.41, 5.74) is 2.54. The van der Waals surface area contributed by atoms with Gasteiger partial charge in [-0.05, 0) is 42.7 Å². The molecule has 2 N–H and O–H groups in total. The molecule has 0 fully saturated rings. The van der Waals surface area contributed by atoms with Gasteiger partial charge < -0.3 is 10.3 Å². The standard InChI is InChI=1S/C16H15N3OS/c1-21-12-8-6-11(7-9-12)16(20)17-10-15-18-13-4-2-3-5-14(13)19-15/h2-9H,10H2,1H3,(H,17,20)(H,18,19). The summed E-state index contributed by atoms with van der Waals surface area (Å²) in [6.45, 7) is 0.387. The van der Waals surface area contributed by atoms with E-state index in [4.69, 9.17) is 0 Å². The molecule has 0 aliphatic rings. The molecule has 4 nitrogen and oxygen atoms in total. The minimum Gasteiger partial charge on any atom is -0.345 e. The molecule has 0 aliphatic carbocycles. The SMILES string of the molecule is CSc1ccc(C(=O)NCc2nc3ccccc3[nH]2)cc1. The molecule has 5 heteroatoms. The molecule has 0 saturated carbocycles. The fraction of sp³-hybridized carbons (Fsp3) is 0.125. The molecule has 0 aliphatic heterocycles. The third-order valence-corrected chi connectivity index (χ3v) is 3.95. The van der Waals surface area contributed by atoms with Crippen LogP contribution >= 0.6 is 11.8 Å². The Bertz CT molecular complexity index is 732. The molecule has 2 aromatic carbocycles. The average molecular weight is 297 g/mol. The van der Waals surface area contributed by atoms with E-state index in [1.54, 1.807) is 11.8 Å². The summed E-state index contributed by atoms with van der Waals surface area (Å²) in [5.74, 6) is 0.661. The van der Waals surface area contributed by atoms with Gasteiger partial charge in [0, 0.05) is 10.5 Å². The number of aromatic nitrogens is 2. The topological polar surface area (TPSA) is 57.8 Å². The number of rotatable bonds is 4. The average Bonchev–Trinajstić information content (AvgIpc) is 2.95. The van der Waals surface area contributed by atoms with Gasteiger partial charge >= 0.3 is 0 Å². The highest BCUT2D eigenvalue weighted by Gasteiger charge is 2.07. The zero-order valence-corrected chi connectivity index (χ0v) is 12.4. The van der Waals surface area contributed by atoms with E-state index in [2.05, 4.69) is 15.3 Å². The molecule has 1 aromatic heterocycles. The number of thioether (sulfide) groups is 1. The second kappa shape index (κ2) is 6.01. The number of hydrogen-bond donors (Lipinski definition) is 2. The number of benzene rings is 2. The van der Waals surface area contributed by atoms with E-state index in [1.807, 2.05) is 54.8 Å². The highest BCUT2D eigenvalue weighted by Crippen LogP contribution is 2.15. The molecule has 0 bridgehead atoms. The second-order valence-electron chi connectivity index (χ2n) is 4.61. The number of amides is 1. The Morgan fingerprint density at radius 2 is 1.95 bits per heavy atom. The van der Waals surface area contributed by atoms with Crippen molar-refractivity contribution in [1.82, 2.24) is 15.3 Å². The Kier molecular flexibility index (Phi) is 3.92. The van der Waals surface area contributed by atoms with Gasteiger partial charge in [0.1, 0.15) is 5.82 Å². The summed E-state index contributed by atoms with van der Waals surface area (Å²) >= 11 is 1.66. The molecule has 1 amide bonds. The molecule has 0 spiro atoms. The van der Waals surface area contributed by atoms with Gasteiger partial charge in [-0.3, -0.25) is 4.79 Å². The lowest BCUT2D eigenvalue weighted by molar-refractivity contribution is 0.0950. The molecular formula is C16H15N3OS. The quantitative estimate of drug-likeness (QED) is 0.727. The van der Waals surface area contributed by atoms with E-state index in [0.29, 0.717) is 12.1 Å². The van der Waals surface area contributed by atoms with Crippen LogP contribution in [0.2, 0.25) is 0 Å². The van der Waals surface area contributed by atoms with Gasteiger partial charge in [0.15, 0.2) is 0 Å². The first-order valence-corrected chi connectivity index (χ1v) is 7.84. The van der Waals surface area contributed by atoms with Crippen molar-refractivity contribution in [3.8, 4) is 0 Å². The van der Waals surface area contributed by atoms with Crippen LogP contribution in [0.25, 0.3) is 11.0 Å². The van der Waals surface area contributed by atoms with Crippen molar-refractivity contribution in [1.29, 1.82) is 0 Å². The maximum absolute atomic E-state index is 12.1. The highest BCUT2D eigenvalue weighted by molar-refractivity contribution is 7.98. The maximum Gasteiger partial charge on any atom is 0.251 e. The first kappa shape index (κ1) is 13.7. The minimum atomic E-state index is -0.0943. The number of fused-ring (bicyclic) bond motifs is 1. The number of H-pyrrole nitrogens is 1. The van der Waals surface area contributed by atoms with E-state index >= 15 is 0 Å². The number of nitrogens with zero attached hydrogens (tertiary/aromatic N) is 1. The van der Waals surface area contributed by atoms with Crippen molar-refractivity contribution in [2.75, 3.05) is 6.26 Å². The first-order chi connectivity index (χ1) is 10.3. The third-order valence-electron chi connectivity index (χ3n) is 3.21. The van der Waals surface area contributed by atoms with Crippen molar-refractivity contribution >= 4 is 28.7 Å². The monoisotopic (exact) mass is 297 g/mol. The van der Waals surface area contributed by atoms with Crippen LogP contribution in [0.4, 0.5) is 0 Å². The van der Waals surface area contributed by atoms with Crippen molar-refractivity contribution in [3.63, 3.8) is 0 Å². The zero-order valence-electron chi connectivity index (χ0n) is 11.6. The van der Waals surface area contributed by atoms with Gasteiger partial charge in [0.25, 0.3) is 5.91 Å². The molecule has 0 unspecified atom stereocenters. The number of carbonyl (C=O) groups excluding carboxylic acids is 1. The summed E-state index contributed by atoms with van der Waals surface area (Å²) in [6, 6.07) is 15.4. The Hall–Kier alpha value is -2.27. The molecule has 0 atom stereocenters. The van der Waals surface area contributed by atoms with E-state index < -0.39 is 0 Å². The molecule has 106 valence electrons. The van der Waals surface area contributed by atoms with E-state index in [-0.39, 0.29) is 5.91 Å². The molecule has 1 heterocycles. The first-order valence-electron chi connectivity index (χ1n) is 6.62. The van der Waals surface area contributed by atoms with E-state index in [0.717, 1.165) is 21.8 Å². The summed E-state index contributed by atoms with van der Waals surface area (Å²) in [7, 11) is 0. The molecular weight excluding hydrogens is 282 g/mol. The molecule has 0 radical (unpaired) electrons. The van der Waals surface area contributed by atoms with Crippen LogP contribution in [0.15, 0.2) is 53.4 Å². The summed E-state index contributed by atoms with van der Waals surface area (Å²) in [4.78, 5) is 20.8. The lowest BCUT2D eigenvalue weighted by Crippen LogP contribution is -2.23. The Morgan fingerprint density at radius 1 is 1.19 bits per heavy atom. The molecule has 3 aromatic rings. The fourth-order valence-electron chi connectivity index (χ4n) is 2.10. The van der Waals surface area contributed by atoms with Crippen LogP contribution in [0.5, 0.6) is 0 Å². The van der Waals surface area contributed by atoms with Crippen LogP contribution in [0.1, 0.15) is 16.2 Å². The highest BCUT2D eigenvalue weighted by atomic mass is 32.2. The Labute approximate surface area is 127 Å². The maximum atomic E-state index is 12.1. The predicted molar refractivity (Wildman–Crippen MR) is 85.5 cm³/mol. The van der Waals surface area contributed by atoms with E-state index in [1.165, 1.54) is 0 Å². The van der Waals surface area contributed by atoms with Crippen molar-refractivity contribution in [3.05, 3.63) is 59.9 Å². The third kappa shape index (κ3) is 3.08. The van der Waals surface area contributed by atoms with Crippen molar-refractivity contribution in [2.24, 2.45) is 0 Å².